The lowest BCUT2D eigenvalue weighted by atomic mass is 9.77. The maximum atomic E-state index is 15.2. The third kappa shape index (κ3) is 4.15. The van der Waals surface area contributed by atoms with Crippen LogP contribution in [0.25, 0.3) is 10.9 Å². The second kappa shape index (κ2) is 8.96. The van der Waals surface area contributed by atoms with Crippen molar-refractivity contribution in [1.29, 1.82) is 0 Å². The van der Waals surface area contributed by atoms with E-state index >= 15 is 4.39 Å². The van der Waals surface area contributed by atoms with E-state index in [-0.39, 0.29) is 30.3 Å². The standard InChI is InChI=1S/C27H34BrFN4O2/c1-16-12-19-18(7-8-21-20(19)14-30-33(21)24-6-4-5-11-35-24)26(32(16)15-27(29)9-10-27)25-17(2)31-23(28)13-22(25)34-3/h7-8,13-14,16-17,24-26H,4-6,9-12,15H2,1-3H3/t16-,17?,24?,25?,26+/m1/s1. The molecule has 4 aliphatic rings. The lowest BCUT2D eigenvalue weighted by molar-refractivity contribution is -0.0366. The number of allylic oxidation sites excluding steroid dienone is 1. The summed E-state index contributed by atoms with van der Waals surface area (Å²) < 4.78 is 30.0. The molecule has 188 valence electrons. The molecular weight excluding hydrogens is 511 g/mol. The van der Waals surface area contributed by atoms with Crippen LogP contribution in [0.1, 0.15) is 69.3 Å². The van der Waals surface area contributed by atoms with Crippen molar-refractivity contribution in [1.82, 2.24) is 14.7 Å². The van der Waals surface area contributed by atoms with Gasteiger partial charge in [0.05, 0.1) is 30.8 Å². The highest BCUT2D eigenvalue weighted by Crippen LogP contribution is 2.50. The zero-order chi connectivity index (χ0) is 24.3. The van der Waals surface area contributed by atoms with Crippen LogP contribution in [0, 0.1) is 5.92 Å². The first-order valence-corrected chi connectivity index (χ1v) is 13.7. The van der Waals surface area contributed by atoms with E-state index < -0.39 is 5.67 Å². The van der Waals surface area contributed by atoms with Crippen molar-refractivity contribution in [2.75, 3.05) is 20.3 Å². The largest absolute Gasteiger partial charge is 0.501 e. The second-order valence-corrected chi connectivity index (χ2v) is 11.6. The molecule has 8 heteroatoms. The van der Waals surface area contributed by atoms with Crippen LogP contribution in [0.5, 0.6) is 0 Å². The quantitative estimate of drug-likeness (QED) is 0.472. The van der Waals surface area contributed by atoms with Gasteiger partial charge in [-0.05, 0) is 85.5 Å². The van der Waals surface area contributed by atoms with Crippen LogP contribution in [0.4, 0.5) is 4.39 Å². The minimum absolute atomic E-state index is 0.000627. The van der Waals surface area contributed by atoms with Gasteiger partial charge < -0.3 is 9.47 Å². The zero-order valence-corrected chi connectivity index (χ0v) is 22.3. The Morgan fingerprint density at radius 1 is 1.26 bits per heavy atom. The molecule has 0 amide bonds. The average Bonchev–Trinajstić information content (AvgIpc) is 3.41. The van der Waals surface area contributed by atoms with Crippen molar-refractivity contribution in [2.24, 2.45) is 10.9 Å². The molecule has 1 aromatic carbocycles. The third-order valence-corrected chi connectivity index (χ3v) is 8.80. The van der Waals surface area contributed by atoms with Gasteiger partial charge in [0.25, 0.3) is 0 Å². The molecule has 2 fully saturated rings. The van der Waals surface area contributed by atoms with Crippen LogP contribution >= 0.6 is 15.9 Å². The molecule has 5 atom stereocenters. The summed E-state index contributed by atoms with van der Waals surface area (Å²) in [5.74, 6) is 0.892. The molecule has 0 spiro atoms. The number of methoxy groups -OCH3 is 1. The normalized spacial score (nSPS) is 32.7. The molecule has 0 bridgehead atoms. The second-order valence-electron chi connectivity index (χ2n) is 10.8. The van der Waals surface area contributed by atoms with E-state index in [0.29, 0.717) is 19.4 Å². The number of hydrogen-bond donors (Lipinski definition) is 0. The predicted octanol–water partition coefficient (Wildman–Crippen LogP) is 5.87. The van der Waals surface area contributed by atoms with Gasteiger partial charge in [-0.2, -0.15) is 5.10 Å². The maximum absolute atomic E-state index is 15.2. The van der Waals surface area contributed by atoms with Crippen LogP contribution in [-0.4, -0.2) is 57.3 Å². The van der Waals surface area contributed by atoms with Gasteiger partial charge in [-0.1, -0.05) is 6.07 Å². The van der Waals surface area contributed by atoms with E-state index in [4.69, 9.17) is 19.6 Å². The molecule has 1 saturated heterocycles. The van der Waals surface area contributed by atoms with Gasteiger partial charge in [0.1, 0.15) is 16.0 Å². The number of nitrogens with zero attached hydrogens (tertiary/aromatic N) is 4. The minimum Gasteiger partial charge on any atom is -0.501 e. The van der Waals surface area contributed by atoms with E-state index in [1.54, 1.807) is 7.11 Å². The molecule has 2 aromatic rings. The summed E-state index contributed by atoms with van der Waals surface area (Å²) in [7, 11) is 1.73. The van der Waals surface area contributed by atoms with Gasteiger partial charge in [0.2, 0.25) is 0 Å². The molecule has 3 aliphatic heterocycles. The van der Waals surface area contributed by atoms with Gasteiger partial charge in [-0.15, -0.1) is 0 Å². The third-order valence-electron chi connectivity index (χ3n) is 8.37. The molecule has 4 heterocycles. The summed E-state index contributed by atoms with van der Waals surface area (Å²) in [6, 6.07) is 4.60. The number of aliphatic imine (C=N–C) groups is 1. The van der Waals surface area contributed by atoms with Gasteiger partial charge in [0.15, 0.2) is 6.23 Å². The van der Waals surface area contributed by atoms with Crippen molar-refractivity contribution in [2.45, 2.75) is 82.4 Å². The van der Waals surface area contributed by atoms with E-state index in [1.165, 1.54) is 16.5 Å². The fourth-order valence-corrected chi connectivity index (χ4v) is 6.91. The van der Waals surface area contributed by atoms with Crippen LogP contribution in [0.3, 0.4) is 0 Å². The molecule has 0 radical (unpaired) electrons. The fourth-order valence-electron chi connectivity index (χ4n) is 6.36. The first-order chi connectivity index (χ1) is 16.9. The average molecular weight is 545 g/mol. The van der Waals surface area contributed by atoms with E-state index in [1.807, 2.05) is 12.3 Å². The van der Waals surface area contributed by atoms with Crippen molar-refractivity contribution in [3.8, 4) is 0 Å². The van der Waals surface area contributed by atoms with Gasteiger partial charge in [0, 0.05) is 36.7 Å². The lowest BCUT2D eigenvalue weighted by Gasteiger charge is -2.47. The number of aromatic nitrogens is 2. The summed E-state index contributed by atoms with van der Waals surface area (Å²) in [6.07, 6.45) is 9.43. The molecule has 6 nitrogen and oxygen atoms in total. The highest BCUT2D eigenvalue weighted by Gasteiger charge is 2.50. The smallest absolute Gasteiger partial charge is 0.150 e. The number of alkyl halides is 1. The Balaban J connectivity index is 1.47. The summed E-state index contributed by atoms with van der Waals surface area (Å²) in [5, 5.41) is 5.97. The van der Waals surface area contributed by atoms with Crippen LogP contribution in [0.2, 0.25) is 0 Å². The van der Waals surface area contributed by atoms with Crippen molar-refractivity contribution >= 4 is 31.5 Å². The van der Waals surface area contributed by atoms with Crippen molar-refractivity contribution in [3.05, 3.63) is 41.3 Å². The molecule has 3 unspecified atom stereocenters. The molecular formula is C27H34BrFN4O2. The Bertz CT molecular complexity index is 1180. The van der Waals surface area contributed by atoms with Gasteiger partial charge in [-0.25, -0.2) is 9.07 Å². The highest BCUT2D eigenvalue weighted by atomic mass is 79.9. The summed E-state index contributed by atoms with van der Waals surface area (Å²) in [5.41, 5.74) is 2.62. The molecule has 1 saturated carbocycles. The van der Waals surface area contributed by atoms with Crippen LogP contribution in [0.15, 0.2) is 35.2 Å². The highest BCUT2D eigenvalue weighted by molar-refractivity contribution is 9.18. The first kappa shape index (κ1) is 23.6. The van der Waals surface area contributed by atoms with Gasteiger partial charge in [-0.3, -0.25) is 9.89 Å². The number of ether oxygens (including phenoxy) is 2. The molecule has 35 heavy (non-hydrogen) atoms. The Hall–Kier alpha value is -1.77. The molecule has 0 N–H and O–H groups in total. The first-order valence-electron chi connectivity index (χ1n) is 12.9. The molecule has 1 aromatic heterocycles. The van der Waals surface area contributed by atoms with Crippen LogP contribution in [-0.2, 0) is 15.9 Å². The minimum atomic E-state index is -1.07. The van der Waals surface area contributed by atoms with Crippen molar-refractivity contribution in [3.63, 3.8) is 0 Å². The Labute approximate surface area is 214 Å². The number of halogens is 2. The van der Waals surface area contributed by atoms with Crippen molar-refractivity contribution < 1.29 is 13.9 Å². The van der Waals surface area contributed by atoms with Gasteiger partial charge >= 0.3 is 0 Å². The number of dihydropyridines is 1. The maximum Gasteiger partial charge on any atom is 0.150 e. The number of rotatable bonds is 5. The van der Waals surface area contributed by atoms with Crippen LogP contribution < -0.4 is 0 Å². The van der Waals surface area contributed by atoms with E-state index in [2.05, 4.69) is 51.5 Å². The Morgan fingerprint density at radius 3 is 2.80 bits per heavy atom. The fraction of sp³-hybridized carbons (Fsp3) is 0.630. The summed E-state index contributed by atoms with van der Waals surface area (Å²) in [4.78, 5) is 7.22. The molecule has 6 rings (SSSR count). The van der Waals surface area contributed by atoms with E-state index in [9.17, 15) is 0 Å². The Morgan fingerprint density at radius 2 is 2.09 bits per heavy atom. The Kier molecular flexibility index (Phi) is 6.05. The lowest BCUT2D eigenvalue weighted by Crippen LogP contribution is -2.50. The predicted molar refractivity (Wildman–Crippen MR) is 139 cm³/mol. The summed E-state index contributed by atoms with van der Waals surface area (Å²) in [6.45, 7) is 5.61. The topological polar surface area (TPSA) is 51.9 Å². The summed E-state index contributed by atoms with van der Waals surface area (Å²) >= 11 is 3.55. The monoisotopic (exact) mass is 544 g/mol. The number of fused-ring (bicyclic) bond motifs is 3. The number of hydrogen-bond acceptors (Lipinski definition) is 5. The van der Waals surface area contributed by atoms with E-state index in [0.717, 1.165) is 48.2 Å². The zero-order valence-electron chi connectivity index (χ0n) is 20.7. The molecule has 1 aliphatic carbocycles. The number of benzene rings is 1. The SMILES string of the molecule is COC1=CC(Br)=NC(C)C1[C@@H]1c2ccc3c(cnn3C3CCCCO3)c2C[C@@H](C)N1CC1(F)CC1.